The maximum atomic E-state index is 5.56. The van der Waals surface area contributed by atoms with Crippen LogP contribution in [0.15, 0.2) is 12.7 Å². The summed E-state index contributed by atoms with van der Waals surface area (Å²) in [7, 11) is -0.808. The molecule has 0 saturated carbocycles. The zero-order valence-electron chi connectivity index (χ0n) is 6.55. The van der Waals surface area contributed by atoms with Crippen LogP contribution in [0.4, 0.5) is 0 Å². The van der Waals surface area contributed by atoms with Crippen LogP contribution in [0.1, 0.15) is 13.3 Å². The SMILES string of the molecule is C=CCC(C)O[SiH](C)C. The Morgan fingerprint density at radius 3 is 2.56 bits per heavy atom. The molecule has 0 aliphatic heterocycles. The lowest BCUT2D eigenvalue weighted by Gasteiger charge is -2.12. The zero-order chi connectivity index (χ0) is 7.28. The highest BCUT2D eigenvalue weighted by atomic mass is 28.3. The second-order valence-corrected chi connectivity index (χ2v) is 4.89. The lowest BCUT2D eigenvalue weighted by Crippen LogP contribution is -2.16. The predicted octanol–water partition coefficient (Wildman–Crippen LogP) is 1.95. The quantitative estimate of drug-likeness (QED) is 0.433. The van der Waals surface area contributed by atoms with E-state index in [1.165, 1.54) is 0 Å². The van der Waals surface area contributed by atoms with Gasteiger partial charge in [0.15, 0.2) is 9.04 Å². The van der Waals surface area contributed by atoms with Crippen LogP contribution in [0, 0.1) is 0 Å². The molecule has 0 heterocycles. The van der Waals surface area contributed by atoms with Gasteiger partial charge in [-0.15, -0.1) is 6.58 Å². The van der Waals surface area contributed by atoms with Gasteiger partial charge in [0.25, 0.3) is 0 Å². The van der Waals surface area contributed by atoms with Crippen molar-refractivity contribution < 1.29 is 4.43 Å². The third-order valence-corrected chi connectivity index (χ3v) is 2.01. The largest absolute Gasteiger partial charge is 0.418 e. The van der Waals surface area contributed by atoms with Crippen LogP contribution in [0.3, 0.4) is 0 Å². The first-order valence-electron chi connectivity index (χ1n) is 3.43. The van der Waals surface area contributed by atoms with Crippen LogP contribution < -0.4 is 0 Å². The third-order valence-electron chi connectivity index (χ3n) is 1.00. The number of rotatable bonds is 4. The Bertz CT molecular complexity index is 81.0. The molecule has 0 fully saturated rings. The molecule has 0 spiro atoms. The molecule has 0 aliphatic carbocycles. The maximum absolute atomic E-state index is 5.56. The van der Waals surface area contributed by atoms with Crippen LogP contribution >= 0.6 is 0 Å². The van der Waals surface area contributed by atoms with E-state index in [4.69, 9.17) is 4.43 Å². The first kappa shape index (κ1) is 8.92. The number of hydrogen-bond donors (Lipinski definition) is 0. The fraction of sp³-hybridized carbons (Fsp3) is 0.714. The van der Waals surface area contributed by atoms with Crippen LogP contribution in [0.2, 0.25) is 13.1 Å². The van der Waals surface area contributed by atoms with Crippen LogP contribution in [-0.4, -0.2) is 15.1 Å². The molecule has 0 radical (unpaired) electrons. The molecule has 0 saturated heterocycles. The fourth-order valence-electron chi connectivity index (χ4n) is 0.755. The van der Waals surface area contributed by atoms with E-state index >= 15 is 0 Å². The van der Waals surface area contributed by atoms with Gasteiger partial charge in [-0.1, -0.05) is 6.08 Å². The summed E-state index contributed by atoms with van der Waals surface area (Å²) in [6.45, 7) is 10.1. The van der Waals surface area contributed by atoms with Gasteiger partial charge in [0, 0.05) is 6.10 Å². The molecule has 1 nitrogen and oxygen atoms in total. The Morgan fingerprint density at radius 1 is 1.67 bits per heavy atom. The molecule has 0 aromatic heterocycles. The van der Waals surface area contributed by atoms with Gasteiger partial charge in [0.1, 0.15) is 0 Å². The minimum Gasteiger partial charge on any atom is -0.418 e. The Hall–Kier alpha value is -0.0831. The molecule has 0 bridgehead atoms. The topological polar surface area (TPSA) is 9.23 Å². The van der Waals surface area contributed by atoms with E-state index in [2.05, 4.69) is 26.6 Å². The van der Waals surface area contributed by atoms with Crippen LogP contribution in [0.25, 0.3) is 0 Å². The van der Waals surface area contributed by atoms with Gasteiger partial charge in [-0.25, -0.2) is 0 Å². The summed E-state index contributed by atoms with van der Waals surface area (Å²) in [4.78, 5) is 0. The van der Waals surface area contributed by atoms with Gasteiger partial charge < -0.3 is 4.43 Å². The van der Waals surface area contributed by atoms with Gasteiger partial charge in [-0.05, 0) is 26.4 Å². The predicted molar refractivity (Wildman–Crippen MR) is 44.2 cm³/mol. The first-order valence-corrected chi connectivity index (χ1v) is 6.21. The molecule has 1 atom stereocenters. The molecule has 2 heteroatoms. The van der Waals surface area contributed by atoms with E-state index in [9.17, 15) is 0 Å². The maximum Gasteiger partial charge on any atom is 0.171 e. The van der Waals surface area contributed by atoms with E-state index in [1.807, 2.05) is 6.08 Å². The average Bonchev–Trinajstić information content (AvgIpc) is 1.63. The summed E-state index contributed by atoms with van der Waals surface area (Å²) in [6.07, 6.45) is 3.27. The summed E-state index contributed by atoms with van der Waals surface area (Å²) in [5, 5.41) is 0. The van der Waals surface area contributed by atoms with Gasteiger partial charge in [0.05, 0.1) is 0 Å². The highest BCUT2D eigenvalue weighted by Gasteiger charge is 2.01. The molecule has 0 rings (SSSR count). The summed E-state index contributed by atoms with van der Waals surface area (Å²) in [6, 6.07) is 0. The molecule has 54 valence electrons. The van der Waals surface area contributed by atoms with Crippen molar-refractivity contribution in [2.45, 2.75) is 32.5 Å². The second kappa shape index (κ2) is 4.76. The van der Waals surface area contributed by atoms with Crippen molar-refractivity contribution >= 4 is 9.04 Å². The second-order valence-electron chi connectivity index (χ2n) is 2.52. The lowest BCUT2D eigenvalue weighted by atomic mass is 10.3. The van der Waals surface area contributed by atoms with Gasteiger partial charge in [-0.3, -0.25) is 0 Å². The van der Waals surface area contributed by atoms with Crippen molar-refractivity contribution in [3.8, 4) is 0 Å². The van der Waals surface area contributed by atoms with Crippen molar-refractivity contribution in [2.24, 2.45) is 0 Å². The molecular formula is C7H16OSi. The molecular weight excluding hydrogens is 128 g/mol. The van der Waals surface area contributed by atoms with E-state index in [1.54, 1.807) is 0 Å². The van der Waals surface area contributed by atoms with E-state index in [-0.39, 0.29) is 0 Å². The Morgan fingerprint density at radius 2 is 2.22 bits per heavy atom. The van der Waals surface area contributed by atoms with Gasteiger partial charge in [-0.2, -0.15) is 0 Å². The summed E-state index contributed by atoms with van der Waals surface area (Å²) in [5.41, 5.74) is 0. The smallest absolute Gasteiger partial charge is 0.171 e. The molecule has 0 amide bonds. The lowest BCUT2D eigenvalue weighted by molar-refractivity contribution is 0.229. The average molecular weight is 144 g/mol. The normalized spacial score (nSPS) is 13.8. The van der Waals surface area contributed by atoms with Crippen molar-refractivity contribution in [1.82, 2.24) is 0 Å². The molecule has 0 N–H and O–H groups in total. The van der Waals surface area contributed by atoms with Crippen molar-refractivity contribution in [3.63, 3.8) is 0 Å². The van der Waals surface area contributed by atoms with Gasteiger partial charge >= 0.3 is 0 Å². The minimum atomic E-state index is -0.808. The van der Waals surface area contributed by atoms with E-state index < -0.39 is 9.04 Å². The molecule has 9 heavy (non-hydrogen) atoms. The third kappa shape index (κ3) is 5.79. The highest BCUT2D eigenvalue weighted by Crippen LogP contribution is 1.99. The fourth-order valence-corrected chi connectivity index (χ4v) is 1.80. The summed E-state index contributed by atoms with van der Waals surface area (Å²) < 4.78 is 5.56. The summed E-state index contributed by atoms with van der Waals surface area (Å²) in [5.74, 6) is 0. The zero-order valence-corrected chi connectivity index (χ0v) is 7.71. The van der Waals surface area contributed by atoms with Crippen molar-refractivity contribution in [1.29, 1.82) is 0 Å². The van der Waals surface area contributed by atoms with Gasteiger partial charge in [0.2, 0.25) is 0 Å². The van der Waals surface area contributed by atoms with Crippen LogP contribution in [0.5, 0.6) is 0 Å². The first-order chi connectivity index (χ1) is 4.16. The Kier molecular flexibility index (Phi) is 4.72. The van der Waals surface area contributed by atoms with Crippen LogP contribution in [-0.2, 0) is 4.43 Å². The van der Waals surface area contributed by atoms with Crippen molar-refractivity contribution in [2.75, 3.05) is 0 Å². The van der Waals surface area contributed by atoms with E-state index in [0.29, 0.717) is 6.10 Å². The highest BCUT2D eigenvalue weighted by molar-refractivity contribution is 6.48. The number of hydrogen-bond acceptors (Lipinski definition) is 1. The minimum absolute atomic E-state index is 0.383. The monoisotopic (exact) mass is 144 g/mol. The Labute approximate surface area is 59.5 Å². The van der Waals surface area contributed by atoms with E-state index in [0.717, 1.165) is 6.42 Å². The standard InChI is InChI=1S/C7H16OSi/c1-5-6-7(2)8-9(3)4/h5,7,9H,1,6H2,2-4H3. The van der Waals surface area contributed by atoms with Crippen molar-refractivity contribution in [3.05, 3.63) is 12.7 Å². The summed E-state index contributed by atoms with van der Waals surface area (Å²) >= 11 is 0. The Balaban J connectivity index is 3.25. The molecule has 1 unspecified atom stereocenters. The molecule has 0 aromatic carbocycles. The molecule has 0 aromatic rings. The molecule has 0 aliphatic rings.